The second-order valence-electron chi connectivity index (χ2n) is 7.86. The second kappa shape index (κ2) is 6.77. The van der Waals surface area contributed by atoms with Gasteiger partial charge in [0.2, 0.25) is 0 Å². The third-order valence-corrected chi connectivity index (χ3v) is 7.40. The maximum atomic E-state index is 13.9. The summed E-state index contributed by atoms with van der Waals surface area (Å²) in [6, 6.07) is 10.2. The Balaban J connectivity index is 1.77. The number of fused-ring (bicyclic) bond motifs is 2. The van der Waals surface area contributed by atoms with Crippen molar-refractivity contribution in [3.63, 3.8) is 0 Å². The highest BCUT2D eigenvalue weighted by molar-refractivity contribution is 7.92. The van der Waals surface area contributed by atoms with Crippen LogP contribution in [0.4, 0.5) is 10.1 Å². The first kappa shape index (κ1) is 19.0. The van der Waals surface area contributed by atoms with E-state index >= 15 is 0 Å². The first-order valence-electron chi connectivity index (χ1n) is 9.80. The molecule has 1 aliphatic carbocycles. The zero-order valence-electron chi connectivity index (χ0n) is 16.0. The van der Waals surface area contributed by atoms with E-state index in [4.69, 9.17) is 0 Å². The number of sulfone groups is 1. The molecule has 3 aromatic rings. The Morgan fingerprint density at radius 1 is 1.17 bits per heavy atom. The Morgan fingerprint density at radius 3 is 2.70 bits per heavy atom. The van der Waals surface area contributed by atoms with Crippen LogP contribution in [0, 0.1) is 11.7 Å². The lowest BCUT2D eigenvalue weighted by atomic mass is 10.1. The second-order valence-corrected chi connectivity index (χ2v) is 9.82. The van der Waals surface area contributed by atoms with Gasteiger partial charge in [-0.15, -0.1) is 0 Å². The quantitative estimate of drug-likeness (QED) is 0.691. The van der Waals surface area contributed by atoms with Gasteiger partial charge in [-0.3, -0.25) is 9.79 Å². The van der Waals surface area contributed by atoms with E-state index < -0.39 is 32.7 Å². The average Bonchev–Trinajstić information content (AvgIpc) is 3.52. The summed E-state index contributed by atoms with van der Waals surface area (Å²) < 4.78 is 41.0. The molecule has 2 aliphatic rings. The van der Waals surface area contributed by atoms with Crippen LogP contribution in [0.15, 0.2) is 57.1 Å². The number of hydrogen-bond donors (Lipinski definition) is 1. The molecule has 1 fully saturated rings. The van der Waals surface area contributed by atoms with Gasteiger partial charge in [-0.05, 0) is 42.7 Å². The van der Waals surface area contributed by atoms with Gasteiger partial charge in [-0.2, -0.15) is 0 Å². The predicted octanol–water partition coefficient (Wildman–Crippen LogP) is 3.55. The molecule has 1 aromatic heterocycles. The number of aromatic nitrogens is 1. The van der Waals surface area contributed by atoms with Gasteiger partial charge in [0.15, 0.2) is 9.84 Å². The molecule has 0 amide bonds. The van der Waals surface area contributed by atoms with Gasteiger partial charge in [0.25, 0.3) is 5.56 Å². The van der Waals surface area contributed by atoms with E-state index in [1.165, 1.54) is 22.8 Å². The van der Waals surface area contributed by atoms with Crippen molar-refractivity contribution in [2.45, 2.75) is 30.7 Å². The predicted molar refractivity (Wildman–Crippen MR) is 112 cm³/mol. The summed E-state index contributed by atoms with van der Waals surface area (Å²) in [5.41, 5.74) is -0.0746. The van der Waals surface area contributed by atoms with Crippen molar-refractivity contribution in [3.05, 3.63) is 64.2 Å². The van der Waals surface area contributed by atoms with Crippen LogP contribution < -0.4 is 5.56 Å². The molecule has 8 heteroatoms. The fraction of sp³-hybridized carbons (Fsp3) is 0.273. The number of rotatable bonds is 4. The van der Waals surface area contributed by atoms with Gasteiger partial charge in [-0.25, -0.2) is 12.8 Å². The van der Waals surface area contributed by atoms with Crippen molar-refractivity contribution in [1.82, 2.24) is 4.57 Å². The van der Waals surface area contributed by atoms with Gasteiger partial charge in [-0.1, -0.05) is 25.0 Å². The van der Waals surface area contributed by atoms with E-state index in [0.29, 0.717) is 18.0 Å². The Labute approximate surface area is 172 Å². The summed E-state index contributed by atoms with van der Waals surface area (Å²) in [5.74, 6) is -0.940. The smallest absolute Gasteiger partial charge is 0.263 e. The van der Waals surface area contributed by atoms with Gasteiger partial charge in [0.1, 0.15) is 17.1 Å². The van der Waals surface area contributed by atoms with Crippen LogP contribution in [0.1, 0.15) is 24.8 Å². The summed E-state index contributed by atoms with van der Waals surface area (Å²) >= 11 is 0. The topological polar surface area (TPSA) is 88.7 Å². The van der Waals surface area contributed by atoms with Crippen molar-refractivity contribution in [3.8, 4) is 5.75 Å². The summed E-state index contributed by atoms with van der Waals surface area (Å²) in [6.45, 7) is 0.412. The highest BCUT2D eigenvalue weighted by atomic mass is 32.2. The number of para-hydroxylation sites is 1. The molecule has 0 saturated heterocycles. The van der Waals surface area contributed by atoms with Crippen LogP contribution in [0.5, 0.6) is 5.75 Å². The van der Waals surface area contributed by atoms with E-state index in [1.54, 1.807) is 18.2 Å². The number of aromatic hydroxyl groups is 1. The molecule has 30 heavy (non-hydrogen) atoms. The van der Waals surface area contributed by atoms with Crippen LogP contribution in [0.3, 0.4) is 0 Å². The standard InChI is InChI=1S/C22H19FN2O4S/c23-14-7-8-18-15(11-14)21(26)20(22(27)25(18)10-9-13-5-6-13)17-12-30(28,29)19-4-2-1-3-16(19)24-17/h1-4,7-8,11,13,26H,5-6,9-10,12H2. The fourth-order valence-corrected chi connectivity index (χ4v) is 5.43. The van der Waals surface area contributed by atoms with E-state index in [9.17, 15) is 22.7 Å². The molecule has 0 bridgehead atoms. The SMILES string of the molecule is O=c1c(C2=Nc3ccccc3S(=O)(=O)C2)c(O)c2cc(F)ccc2n1CCC1CC1. The van der Waals surface area contributed by atoms with Crippen molar-refractivity contribution >= 4 is 32.1 Å². The summed E-state index contributed by atoms with van der Waals surface area (Å²) in [4.78, 5) is 17.9. The van der Waals surface area contributed by atoms with E-state index in [1.807, 2.05) is 0 Å². The Hall–Kier alpha value is -3.00. The largest absolute Gasteiger partial charge is 0.506 e. The van der Waals surface area contributed by atoms with Crippen molar-refractivity contribution < 1.29 is 17.9 Å². The van der Waals surface area contributed by atoms with Crippen LogP contribution >= 0.6 is 0 Å². The minimum atomic E-state index is -3.73. The summed E-state index contributed by atoms with van der Waals surface area (Å²) in [5, 5.41) is 11.0. The van der Waals surface area contributed by atoms with Crippen LogP contribution in [-0.2, 0) is 16.4 Å². The fourth-order valence-electron chi connectivity index (χ4n) is 3.99. The van der Waals surface area contributed by atoms with E-state index in [-0.39, 0.29) is 27.2 Å². The highest BCUT2D eigenvalue weighted by Crippen LogP contribution is 2.35. The minimum absolute atomic E-state index is 0.0254. The molecule has 2 aromatic carbocycles. The number of halogens is 1. The Morgan fingerprint density at radius 2 is 1.93 bits per heavy atom. The number of benzene rings is 2. The molecule has 154 valence electrons. The number of aryl methyl sites for hydroxylation is 1. The zero-order valence-corrected chi connectivity index (χ0v) is 16.8. The lowest BCUT2D eigenvalue weighted by Crippen LogP contribution is -2.31. The first-order valence-corrected chi connectivity index (χ1v) is 11.4. The van der Waals surface area contributed by atoms with Crippen molar-refractivity contribution in [2.75, 3.05) is 5.75 Å². The molecule has 1 saturated carbocycles. The zero-order chi connectivity index (χ0) is 21.0. The van der Waals surface area contributed by atoms with Crippen LogP contribution in [-0.4, -0.2) is 29.6 Å². The van der Waals surface area contributed by atoms with Gasteiger partial charge >= 0.3 is 0 Å². The molecule has 0 radical (unpaired) electrons. The Kier molecular flexibility index (Phi) is 4.28. The third-order valence-electron chi connectivity index (χ3n) is 5.73. The molecule has 0 unspecified atom stereocenters. The third kappa shape index (κ3) is 3.11. The molecule has 6 nitrogen and oxygen atoms in total. The molecule has 1 aliphatic heterocycles. The number of pyridine rings is 1. The molecular formula is C22H19FN2O4S. The molecular weight excluding hydrogens is 407 g/mol. The van der Waals surface area contributed by atoms with Gasteiger partial charge in [0.05, 0.1) is 27.6 Å². The summed E-state index contributed by atoms with van der Waals surface area (Å²) in [6.07, 6.45) is 3.03. The first-order chi connectivity index (χ1) is 14.3. The minimum Gasteiger partial charge on any atom is -0.506 e. The average molecular weight is 426 g/mol. The highest BCUT2D eigenvalue weighted by Gasteiger charge is 2.31. The monoisotopic (exact) mass is 426 g/mol. The van der Waals surface area contributed by atoms with Crippen LogP contribution in [0.25, 0.3) is 10.9 Å². The summed E-state index contributed by atoms with van der Waals surface area (Å²) in [7, 11) is -3.73. The lowest BCUT2D eigenvalue weighted by molar-refractivity contribution is 0.476. The molecule has 5 rings (SSSR count). The molecule has 1 N–H and O–H groups in total. The maximum absolute atomic E-state index is 13.9. The maximum Gasteiger partial charge on any atom is 0.263 e. The lowest BCUT2D eigenvalue weighted by Gasteiger charge is -2.19. The molecule has 0 spiro atoms. The van der Waals surface area contributed by atoms with Crippen molar-refractivity contribution in [2.24, 2.45) is 10.9 Å². The Bertz CT molecular complexity index is 1390. The van der Waals surface area contributed by atoms with E-state index in [0.717, 1.165) is 25.3 Å². The molecule has 2 heterocycles. The normalized spacial score (nSPS) is 17.6. The van der Waals surface area contributed by atoms with Gasteiger partial charge in [0, 0.05) is 11.9 Å². The van der Waals surface area contributed by atoms with E-state index in [2.05, 4.69) is 4.99 Å². The number of nitrogens with zero attached hydrogens (tertiary/aromatic N) is 2. The number of aliphatic imine (C=N–C) groups is 1. The molecule has 0 atom stereocenters. The van der Waals surface area contributed by atoms with Gasteiger partial charge < -0.3 is 9.67 Å². The number of hydrogen-bond acceptors (Lipinski definition) is 5. The van der Waals surface area contributed by atoms with Crippen molar-refractivity contribution in [1.29, 1.82) is 0 Å². The van der Waals surface area contributed by atoms with Crippen LogP contribution in [0.2, 0.25) is 0 Å².